The fourth-order valence-electron chi connectivity index (χ4n) is 3.49. The van der Waals surface area contributed by atoms with Crippen LogP contribution in [0.3, 0.4) is 0 Å². The maximum atomic E-state index is 12.5. The van der Waals surface area contributed by atoms with Crippen molar-refractivity contribution in [2.24, 2.45) is 5.10 Å². The van der Waals surface area contributed by atoms with Crippen molar-refractivity contribution in [1.82, 2.24) is 5.43 Å². The minimum absolute atomic E-state index is 0.252. The standard InChI is InChI=1S/C29H26N2O6/c1-19(36-25-14-9-21-6-4-5-7-23(21)17-25)28(32)31-30-18-20-8-15-26(27(16-20)35-3)37-29(33)22-10-12-24(34-2)13-11-22/h4-19H,1-3H3,(H,31,32)/b30-18-/t19-/m1/s1. The Hall–Kier alpha value is -4.85. The first-order valence-corrected chi connectivity index (χ1v) is 11.5. The SMILES string of the molecule is COc1ccc(C(=O)Oc2ccc(/C=N\NC(=O)[C@@H](C)Oc3ccc4ccccc4c3)cc2OC)cc1. The van der Waals surface area contributed by atoms with Gasteiger partial charge in [-0.15, -0.1) is 0 Å². The molecule has 4 aromatic rings. The predicted molar refractivity (Wildman–Crippen MR) is 141 cm³/mol. The summed E-state index contributed by atoms with van der Waals surface area (Å²) in [5.74, 6) is 0.887. The van der Waals surface area contributed by atoms with Gasteiger partial charge in [0.1, 0.15) is 11.5 Å². The van der Waals surface area contributed by atoms with Crippen molar-refractivity contribution in [3.8, 4) is 23.0 Å². The second-order valence-corrected chi connectivity index (χ2v) is 8.03. The summed E-state index contributed by atoms with van der Waals surface area (Å²) in [5, 5.41) is 6.12. The number of fused-ring (bicyclic) bond motifs is 1. The van der Waals surface area contributed by atoms with Gasteiger partial charge in [-0.1, -0.05) is 30.3 Å². The van der Waals surface area contributed by atoms with E-state index < -0.39 is 18.0 Å². The van der Waals surface area contributed by atoms with Gasteiger partial charge in [-0.05, 0) is 77.9 Å². The highest BCUT2D eigenvalue weighted by molar-refractivity contribution is 5.92. The number of methoxy groups -OCH3 is 2. The van der Waals surface area contributed by atoms with Gasteiger partial charge in [-0.2, -0.15) is 5.10 Å². The number of benzene rings is 4. The molecule has 0 aliphatic carbocycles. The Morgan fingerprint density at radius 3 is 2.27 bits per heavy atom. The Kier molecular flexibility index (Phi) is 8.00. The van der Waals surface area contributed by atoms with E-state index in [-0.39, 0.29) is 5.75 Å². The van der Waals surface area contributed by atoms with Gasteiger partial charge >= 0.3 is 5.97 Å². The van der Waals surface area contributed by atoms with Crippen molar-refractivity contribution in [2.75, 3.05) is 14.2 Å². The second-order valence-electron chi connectivity index (χ2n) is 8.03. The average molecular weight is 499 g/mol. The van der Waals surface area contributed by atoms with Crippen LogP contribution in [0.5, 0.6) is 23.0 Å². The molecule has 0 saturated heterocycles. The quantitative estimate of drug-likeness (QED) is 0.151. The van der Waals surface area contributed by atoms with Gasteiger partial charge in [0.05, 0.1) is 26.0 Å². The third-order valence-electron chi connectivity index (χ3n) is 5.51. The van der Waals surface area contributed by atoms with Crippen LogP contribution in [0.15, 0.2) is 90.0 Å². The molecule has 0 radical (unpaired) electrons. The van der Waals surface area contributed by atoms with E-state index in [0.717, 1.165) is 10.8 Å². The molecule has 0 aliphatic rings. The van der Waals surface area contributed by atoms with Gasteiger partial charge < -0.3 is 18.9 Å². The molecule has 1 N–H and O–H groups in total. The summed E-state index contributed by atoms with van der Waals surface area (Å²) in [6.45, 7) is 1.65. The highest BCUT2D eigenvalue weighted by atomic mass is 16.6. The normalized spacial score (nSPS) is 11.6. The molecule has 1 amide bonds. The summed E-state index contributed by atoms with van der Waals surface area (Å²) in [6, 6.07) is 25.1. The van der Waals surface area contributed by atoms with Crippen LogP contribution in [-0.4, -0.2) is 38.4 Å². The van der Waals surface area contributed by atoms with Crippen molar-refractivity contribution in [2.45, 2.75) is 13.0 Å². The lowest BCUT2D eigenvalue weighted by Gasteiger charge is -2.13. The summed E-state index contributed by atoms with van der Waals surface area (Å²) in [5.41, 5.74) is 3.47. The van der Waals surface area contributed by atoms with Gasteiger partial charge in [-0.25, -0.2) is 10.2 Å². The molecule has 37 heavy (non-hydrogen) atoms. The Balaban J connectivity index is 1.34. The number of hydrazone groups is 1. The molecule has 0 spiro atoms. The number of amides is 1. The van der Waals surface area contributed by atoms with Crippen LogP contribution in [0, 0.1) is 0 Å². The lowest BCUT2D eigenvalue weighted by Crippen LogP contribution is -2.33. The number of hydrogen-bond donors (Lipinski definition) is 1. The molecule has 0 bridgehead atoms. The van der Waals surface area contributed by atoms with Gasteiger partial charge in [-0.3, -0.25) is 4.79 Å². The Morgan fingerprint density at radius 2 is 1.54 bits per heavy atom. The zero-order valence-corrected chi connectivity index (χ0v) is 20.6. The summed E-state index contributed by atoms with van der Waals surface area (Å²) < 4.78 is 21.7. The van der Waals surface area contributed by atoms with E-state index in [9.17, 15) is 9.59 Å². The van der Waals surface area contributed by atoms with E-state index in [1.54, 1.807) is 56.5 Å². The van der Waals surface area contributed by atoms with Gasteiger partial charge in [0.15, 0.2) is 17.6 Å². The van der Waals surface area contributed by atoms with Crippen molar-refractivity contribution < 1.29 is 28.5 Å². The first-order valence-electron chi connectivity index (χ1n) is 11.5. The van der Waals surface area contributed by atoms with E-state index in [4.69, 9.17) is 18.9 Å². The highest BCUT2D eigenvalue weighted by Gasteiger charge is 2.15. The van der Waals surface area contributed by atoms with E-state index in [1.165, 1.54) is 13.3 Å². The number of nitrogens with zero attached hydrogens (tertiary/aromatic N) is 1. The number of rotatable bonds is 9. The van der Waals surface area contributed by atoms with E-state index in [1.807, 2.05) is 42.5 Å². The third-order valence-corrected chi connectivity index (χ3v) is 5.51. The van der Waals surface area contributed by atoms with Crippen molar-refractivity contribution in [3.05, 3.63) is 96.1 Å². The molecular formula is C29H26N2O6. The zero-order valence-electron chi connectivity index (χ0n) is 20.6. The van der Waals surface area contributed by atoms with Crippen molar-refractivity contribution >= 4 is 28.9 Å². The van der Waals surface area contributed by atoms with Crippen molar-refractivity contribution in [1.29, 1.82) is 0 Å². The molecule has 0 aromatic heterocycles. The monoisotopic (exact) mass is 498 g/mol. The number of esters is 1. The molecule has 4 rings (SSSR count). The van der Waals surface area contributed by atoms with E-state index in [0.29, 0.717) is 28.4 Å². The molecule has 8 heteroatoms. The van der Waals surface area contributed by atoms with Crippen LogP contribution in [0.1, 0.15) is 22.8 Å². The first kappa shape index (κ1) is 25.2. The molecule has 0 heterocycles. The number of carbonyl (C=O) groups is 2. The number of hydrogen-bond acceptors (Lipinski definition) is 7. The van der Waals surface area contributed by atoms with Gasteiger partial charge in [0.25, 0.3) is 5.91 Å². The fraction of sp³-hybridized carbons (Fsp3) is 0.138. The molecule has 188 valence electrons. The minimum Gasteiger partial charge on any atom is -0.497 e. The molecule has 4 aromatic carbocycles. The van der Waals surface area contributed by atoms with Crippen LogP contribution in [0.25, 0.3) is 10.8 Å². The summed E-state index contributed by atoms with van der Waals surface area (Å²) in [6.07, 6.45) is 0.700. The van der Waals surface area contributed by atoms with Gasteiger partial charge in [0.2, 0.25) is 0 Å². The van der Waals surface area contributed by atoms with Crippen molar-refractivity contribution in [3.63, 3.8) is 0 Å². The molecule has 0 saturated carbocycles. The smallest absolute Gasteiger partial charge is 0.343 e. The molecule has 8 nitrogen and oxygen atoms in total. The Bertz CT molecular complexity index is 1430. The summed E-state index contributed by atoms with van der Waals surface area (Å²) in [4.78, 5) is 24.9. The lowest BCUT2D eigenvalue weighted by atomic mass is 10.1. The Morgan fingerprint density at radius 1 is 0.811 bits per heavy atom. The van der Waals surface area contributed by atoms with E-state index >= 15 is 0 Å². The van der Waals surface area contributed by atoms with Crippen LogP contribution in [-0.2, 0) is 4.79 Å². The highest BCUT2D eigenvalue weighted by Crippen LogP contribution is 2.28. The average Bonchev–Trinajstić information content (AvgIpc) is 2.93. The topological polar surface area (TPSA) is 95.5 Å². The zero-order chi connectivity index (χ0) is 26.2. The molecular weight excluding hydrogens is 472 g/mol. The lowest BCUT2D eigenvalue weighted by molar-refractivity contribution is -0.127. The number of carbonyl (C=O) groups excluding carboxylic acids is 2. The molecule has 0 aliphatic heterocycles. The maximum absolute atomic E-state index is 12.5. The maximum Gasteiger partial charge on any atom is 0.343 e. The number of ether oxygens (including phenoxy) is 4. The van der Waals surface area contributed by atoms with Crippen LogP contribution in [0.2, 0.25) is 0 Å². The minimum atomic E-state index is -0.757. The molecule has 0 unspecified atom stereocenters. The first-order chi connectivity index (χ1) is 18.0. The summed E-state index contributed by atoms with van der Waals surface area (Å²) >= 11 is 0. The van der Waals surface area contributed by atoms with Crippen LogP contribution >= 0.6 is 0 Å². The van der Waals surface area contributed by atoms with Crippen LogP contribution in [0.4, 0.5) is 0 Å². The number of nitrogens with one attached hydrogen (secondary N) is 1. The summed E-state index contributed by atoms with van der Waals surface area (Å²) in [7, 11) is 3.02. The third kappa shape index (κ3) is 6.43. The second kappa shape index (κ2) is 11.7. The Labute approximate surface area is 214 Å². The largest absolute Gasteiger partial charge is 0.497 e. The predicted octanol–water partition coefficient (Wildman–Crippen LogP) is 4.99. The van der Waals surface area contributed by atoms with Crippen LogP contribution < -0.4 is 24.4 Å². The van der Waals surface area contributed by atoms with E-state index in [2.05, 4.69) is 10.5 Å². The van der Waals surface area contributed by atoms with Gasteiger partial charge in [0, 0.05) is 0 Å². The fourth-order valence-corrected chi connectivity index (χ4v) is 3.49. The molecule has 0 fully saturated rings. The molecule has 1 atom stereocenters.